The molecule has 94 valence electrons. The summed E-state index contributed by atoms with van der Waals surface area (Å²) in [5.41, 5.74) is -0.806. The second kappa shape index (κ2) is 6.34. The predicted molar refractivity (Wildman–Crippen MR) is 60.4 cm³/mol. The Hall–Kier alpha value is -1.43. The Bertz CT molecular complexity index is 337. The summed E-state index contributed by atoms with van der Waals surface area (Å²) in [6.07, 6.45) is 0. The van der Waals surface area contributed by atoms with Gasteiger partial charge in [0.05, 0.1) is 30.8 Å². The molecule has 1 rings (SSSR count). The van der Waals surface area contributed by atoms with E-state index < -0.39 is 31.2 Å². The summed E-state index contributed by atoms with van der Waals surface area (Å²) in [6, 6.07) is 8.37. The number of aliphatic hydroxyl groups excluding tert-OH is 3. The molecule has 0 fully saturated rings. The number of rotatable bonds is 6. The molecule has 0 unspecified atom stereocenters. The number of aliphatic hydroxyl groups is 3. The van der Waals surface area contributed by atoms with Crippen LogP contribution in [0.4, 0.5) is 0 Å². The number of carbonyl (C=O) groups excluding carboxylic acids is 1. The highest BCUT2D eigenvalue weighted by molar-refractivity contribution is 5.89. The van der Waals surface area contributed by atoms with Crippen LogP contribution in [0.2, 0.25) is 0 Å². The quantitative estimate of drug-likeness (QED) is 0.600. The van der Waals surface area contributed by atoms with Crippen LogP contribution >= 0.6 is 0 Å². The van der Waals surface area contributed by atoms with Gasteiger partial charge in [0.2, 0.25) is 0 Å². The third-order valence-corrected chi connectivity index (χ3v) is 2.53. The van der Waals surface area contributed by atoms with Crippen molar-refractivity contribution < 1.29 is 24.9 Å². The molecule has 0 aliphatic heterocycles. The van der Waals surface area contributed by atoms with Gasteiger partial charge in [0.25, 0.3) is 0 Å². The van der Waals surface area contributed by atoms with E-state index in [9.17, 15) is 4.79 Å². The fourth-order valence-corrected chi connectivity index (χ4v) is 1.16. The number of hydrogen-bond donors (Lipinski definition) is 3. The SMILES string of the molecule is O=C(OCC(CO)(CO)CO)c1ccccc1. The third kappa shape index (κ3) is 3.52. The number of esters is 1. The molecule has 0 saturated carbocycles. The summed E-state index contributed by atoms with van der Waals surface area (Å²) in [7, 11) is 0. The topological polar surface area (TPSA) is 87.0 Å². The number of hydrogen-bond acceptors (Lipinski definition) is 5. The zero-order chi connectivity index (χ0) is 12.7. The van der Waals surface area contributed by atoms with Crippen LogP contribution in [0.15, 0.2) is 30.3 Å². The summed E-state index contributed by atoms with van der Waals surface area (Å²) in [4.78, 5) is 11.6. The second-order valence-corrected chi connectivity index (χ2v) is 3.92. The molecule has 17 heavy (non-hydrogen) atoms. The molecule has 0 spiro atoms. The number of benzene rings is 1. The maximum Gasteiger partial charge on any atom is 0.338 e. The minimum absolute atomic E-state index is 0.232. The molecule has 1 aromatic carbocycles. The van der Waals surface area contributed by atoms with Crippen molar-refractivity contribution in [3.8, 4) is 0 Å². The molecular weight excluding hydrogens is 224 g/mol. The minimum Gasteiger partial charge on any atom is -0.461 e. The van der Waals surface area contributed by atoms with Crippen LogP contribution < -0.4 is 0 Å². The molecule has 1 aromatic rings. The van der Waals surface area contributed by atoms with E-state index in [0.29, 0.717) is 5.56 Å². The monoisotopic (exact) mass is 240 g/mol. The van der Waals surface area contributed by atoms with Gasteiger partial charge in [-0.1, -0.05) is 18.2 Å². The Morgan fingerprint density at radius 2 is 1.59 bits per heavy atom. The molecule has 0 atom stereocenters. The van der Waals surface area contributed by atoms with Gasteiger partial charge in [-0.2, -0.15) is 0 Å². The van der Waals surface area contributed by atoms with Crippen LogP contribution in [0.3, 0.4) is 0 Å². The van der Waals surface area contributed by atoms with Crippen molar-refractivity contribution in [3.05, 3.63) is 35.9 Å². The van der Waals surface area contributed by atoms with Gasteiger partial charge < -0.3 is 20.1 Å². The van der Waals surface area contributed by atoms with E-state index >= 15 is 0 Å². The van der Waals surface area contributed by atoms with Crippen LogP contribution in [0.1, 0.15) is 10.4 Å². The van der Waals surface area contributed by atoms with Crippen LogP contribution in [-0.4, -0.2) is 47.7 Å². The van der Waals surface area contributed by atoms with Gasteiger partial charge in [0, 0.05) is 0 Å². The molecule has 5 nitrogen and oxygen atoms in total. The van der Waals surface area contributed by atoms with Gasteiger partial charge >= 0.3 is 5.97 Å². The Morgan fingerprint density at radius 3 is 2.06 bits per heavy atom. The highest BCUT2D eigenvalue weighted by Gasteiger charge is 2.30. The lowest BCUT2D eigenvalue weighted by atomic mass is 9.93. The first-order valence-electron chi connectivity index (χ1n) is 5.22. The first kappa shape index (κ1) is 13.6. The fraction of sp³-hybridized carbons (Fsp3) is 0.417. The summed E-state index contributed by atoms with van der Waals surface area (Å²) in [6.45, 7) is -1.60. The molecule has 0 aliphatic carbocycles. The van der Waals surface area contributed by atoms with Crippen molar-refractivity contribution in [2.24, 2.45) is 5.41 Å². The molecular formula is C12H16O5. The third-order valence-electron chi connectivity index (χ3n) is 2.53. The molecule has 0 radical (unpaired) electrons. The summed E-state index contributed by atoms with van der Waals surface area (Å²) >= 11 is 0. The highest BCUT2D eigenvalue weighted by Crippen LogP contribution is 2.16. The first-order chi connectivity index (χ1) is 8.17. The Labute approximate surface area is 99.3 Å². The zero-order valence-electron chi connectivity index (χ0n) is 9.37. The second-order valence-electron chi connectivity index (χ2n) is 3.92. The van der Waals surface area contributed by atoms with E-state index in [2.05, 4.69) is 0 Å². The molecule has 0 amide bonds. The zero-order valence-corrected chi connectivity index (χ0v) is 9.37. The van der Waals surface area contributed by atoms with Gasteiger partial charge in [-0.05, 0) is 12.1 Å². The van der Waals surface area contributed by atoms with Gasteiger partial charge in [0.1, 0.15) is 6.61 Å². The summed E-state index contributed by atoms with van der Waals surface area (Å²) in [5.74, 6) is -0.551. The molecule has 0 aromatic heterocycles. The highest BCUT2D eigenvalue weighted by atomic mass is 16.5. The van der Waals surface area contributed by atoms with E-state index in [1.807, 2.05) is 0 Å². The largest absolute Gasteiger partial charge is 0.461 e. The first-order valence-corrected chi connectivity index (χ1v) is 5.22. The van der Waals surface area contributed by atoms with Crippen molar-refractivity contribution in [3.63, 3.8) is 0 Å². The van der Waals surface area contributed by atoms with Gasteiger partial charge in [-0.15, -0.1) is 0 Å². The van der Waals surface area contributed by atoms with Crippen LogP contribution in [0.25, 0.3) is 0 Å². The van der Waals surface area contributed by atoms with E-state index in [0.717, 1.165) is 0 Å². The van der Waals surface area contributed by atoms with Gasteiger partial charge in [-0.25, -0.2) is 4.79 Å². The Morgan fingerprint density at radius 1 is 1.06 bits per heavy atom. The van der Waals surface area contributed by atoms with E-state index in [1.165, 1.54) is 0 Å². The predicted octanol–water partition coefficient (Wildman–Crippen LogP) is -0.193. The van der Waals surface area contributed by atoms with Gasteiger partial charge in [-0.3, -0.25) is 0 Å². The molecule has 0 saturated heterocycles. The summed E-state index contributed by atoms with van der Waals surface area (Å²) in [5, 5.41) is 27.1. The van der Waals surface area contributed by atoms with Crippen molar-refractivity contribution in [2.45, 2.75) is 0 Å². The standard InChI is InChI=1S/C12H16O5/c13-6-12(7-14,8-15)9-17-11(16)10-4-2-1-3-5-10/h1-5,13-15H,6-9H2. The minimum atomic E-state index is -1.19. The van der Waals surface area contributed by atoms with E-state index in [4.69, 9.17) is 20.1 Å². The molecule has 0 bridgehead atoms. The lowest BCUT2D eigenvalue weighted by Gasteiger charge is -2.26. The van der Waals surface area contributed by atoms with Crippen molar-refractivity contribution in [2.75, 3.05) is 26.4 Å². The van der Waals surface area contributed by atoms with Crippen molar-refractivity contribution in [1.82, 2.24) is 0 Å². The molecule has 0 aliphatic rings. The maximum absolute atomic E-state index is 11.6. The van der Waals surface area contributed by atoms with Crippen molar-refractivity contribution in [1.29, 1.82) is 0 Å². The van der Waals surface area contributed by atoms with Crippen LogP contribution in [-0.2, 0) is 4.74 Å². The molecule has 3 N–H and O–H groups in total. The lowest BCUT2D eigenvalue weighted by molar-refractivity contribution is -0.0441. The lowest BCUT2D eigenvalue weighted by Crippen LogP contribution is -2.39. The number of carbonyl (C=O) groups is 1. The summed E-state index contributed by atoms with van der Waals surface area (Å²) < 4.78 is 4.95. The number of ether oxygens (including phenoxy) is 1. The van der Waals surface area contributed by atoms with Gasteiger partial charge in [0.15, 0.2) is 0 Å². The van der Waals surface area contributed by atoms with Crippen molar-refractivity contribution >= 4 is 5.97 Å². The Kier molecular flexibility index (Phi) is 5.09. The van der Waals surface area contributed by atoms with Crippen LogP contribution in [0, 0.1) is 5.41 Å². The smallest absolute Gasteiger partial charge is 0.338 e. The van der Waals surface area contributed by atoms with E-state index in [-0.39, 0.29) is 6.61 Å². The van der Waals surface area contributed by atoms with E-state index in [1.54, 1.807) is 30.3 Å². The molecule has 0 heterocycles. The fourth-order valence-electron chi connectivity index (χ4n) is 1.16. The molecule has 5 heteroatoms. The average molecular weight is 240 g/mol. The van der Waals surface area contributed by atoms with Crippen LogP contribution in [0.5, 0.6) is 0 Å². The Balaban J connectivity index is 2.59. The normalized spacial score (nSPS) is 11.2. The average Bonchev–Trinajstić information content (AvgIpc) is 2.41. The maximum atomic E-state index is 11.6.